The number of methoxy groups -OCH3 is 1. The van der Waals surface area contributed by atoms with Gasteiger partial charge >= 0.3 is 5.97 Å². The molecule has 16 heavy (non-hydrogen) atoms. The van der Waals surface area contributed by atoms with E-state index < -0.39 is 11.0 Å². The van der Waals surface area contributed by atoms with Gasteiger partial charge in [0.2, 0.25) is 0 Å². The van der Waals surface area contributed by atoms with Crippen LogP contribution < -0.4 is 0 Å². The van der Waals surface area contributed by atoms with Crippen molar-refractivity contribution in [2.45, 2.75) is 63.4 Å². The molecule has 0 amide bonds. The number of hydrogen-bond donors (Lipinski definition) is 1. The van der Waals surface area contributed by atoms with Gasteiger partial charge in [-0.3, -0.25) is 4.79 Å². The average Bonchev–Trinajstić information content (AvgIpc) is 2.77. The van der Waals surface area contributed by atoms with Gasteiger partial charge in [0.15, 0.2) is 0 Å². The minimum absolute atomic E-state index is 0.184. The predicted octanol–water partition coefficient (Wildman–Crippen LogP) is 2.42. The fourth-order valence-corrected chi connectivity index (χ4v) is 3.65. The Morgan fingerprint density at radius 1 is 1.00 bits per heavy atom. The molecule has 0 spiro atoms. The van der Waals surface area contributed by atoms with E-state index in [2.05, 4.69) is 0 Å². The van der Waals surface area contributed by atoms with Crippen molar-refractivity contribution < 1.29 is 14.6 Å². The molecule has 2 fully saturated rings. The van der Waals surface area contributed by atoms with Crippen molar-refractivity contribution in [3.05, 3.63) is 0 Å². The minimum Gasteiger partial charge on any atom is -0.469 e. The molecule has 0 unspecified atom stereocenters. The standard InChI is InChI=1S/C13H22O3/c1-16-11(14)12(7-3-2-4-8-12)13(15)9-5-6-10-13/h15H,2-10H2,1H3. The van der Waals surface area contributed by atoms with E-state index in [1.165, 1.54) is 13.5 Å². The summed E-state index contributed by atoms with van der Waals surface area (Å²) in [5.74, 6) is -0.184. The number of hydrogen-bond acceptors (Lipinski definition) is 3. The molecule has 3 heteroatoms. The zero-order valence-corrected chi connectivity index (χ0v) is 10.1. The SMILES string of the molecule is COC(=O)C1(C2(O)CCCC2)CCCCC1. The highest BCUT2D eigenvalue weighted by Crippen LogP contribution is 2.52. The molecule has 2 rings (SSSR count). The van der Waals surface area contributed by atoms with E-state index in [0.717, 1.165) is 51.4 Å². The van der Waals surface area contributed by atoms with Gasteiger partial charge in [0.05, 0.1) is 18.1 Å². The second-order valence-electron chi connectivity index (χ2n) is 5.37. The Labute approximate surface area is 97.2 Å². The molecule has 0 aromatic carbocycles. The third kappa shape index (κ3) is 1.65. The van der Waals surface area contributed by atoms with E-state index in [4.69, 9.17) is 4.74 Å². The fourth-order valence-electron chi connectivity index (χ4n) is 3.65. The molecule has 0 heterocycles. The van der Waals surface area contributed by atoms with E-state index in [0.29, 0.717) is 0 Å². The Kier molecular flexibility index (Phi) is 3.24. The van der Waals surface area contributed by atoms with Crippen molar-refractivity contribution in [3.63, 3.8) is 0 Å². The third-order valence-electron chi connectivity index (χ3n) is 4.60. The van der Waals surface area contributed by atoms with Crippen LogP contribution in [0.15, 0.2) is 0 Å². The molecule has 92 valence electrons. The molecule has 0 radical (unpaired) electrons. The summed E-state index contributed by atoms with van der Waals surface area (Å²) in [5, 5.41) is 10.8. The smallest absolute Gasteiger partial charge is 0.314 e. The average molecular weight is 226 g/mol. The van der Waals surface area contributed by atoms with Crippen LogP contribution in [0.4, 0.5) is 0 Å². The summed E-state index contributed by atoms with van der Waals surface area (Å²) in [6.07, 6.45) is 8.46. The summed E-state index contributed by atoms with van der Waals surface area (Å²) in [5.41, 5.74) is -1.39. The van der Waals surface area contributed by atoms with E-state index >= 15 is 0 Å². The van der Waals surface area contributed by atoms with Gasteiger partial charge in [0.25, 0.3) is 0 Å². The number of carbonyl (C=O) groups excluding carboxylic acids is 1. The van der Waals surface area contributed by atoms with E-state index in [-0.39, 0.29) is 5.97 Å². The summed E-state index contributed by atoms with van der Waals surface area (Å²) in [6, 6.07) is 0. The number of ether oxygens (including phenoxy) is 1. The Morgan fingerprint density at radius 2 is 1.50 bits per heavy atom. The van der Waals surface area contributed by atoms with E-state index in [1.54, 1.807) is 0 Å². The molecule has 3 nitrogen and oxygen atoms in total. The lowest BCUT2D eigenvalue weighted by Gasteiger charge is -2.45. The maximum absolute atomic E-state index is 12.1. The second-order valence-corrected chi connectivity index (χ2v) is 5.37. The van der Waals surface area contributed by atoms with Crippen molar-refractivity contribution in [3.8, 4) is 0 Å². The normalized spacial score (nSPS) is 27.6. The second kappa shape index (κ2) is 4.36. The van der Waals surface area contributed by atoms with Gasteiger partial charge in [-0.2, -0.15) is 0 Å². The maximum atomic E-state index is 12.1. The van der Waals surface area contributed by atoms with Gasteiger partial charge in [-0.1, -0.05) is 32.1 Å². The van der Waals surface area contributed by atoms with Gasteiger partial charge in [-0.15, -0.1) is 0 Å². The quantitative estimate of drug-likeness (QED) is 0.735. The first kappa shape index (κ1) is 11.9. The first-order valence-corrected chi connectivity index (χ1v) is 6.45. The number of aliphatic hydroxyl groups is 1. The maximum Gasteiger partial charge on any atom is 0.314 e. The summed E-state index contributed by atoms with van der Waals surface area (Å²) in [6.45, 7) is 0. The van der Waals surface area contributed by atoms with E-state index in [9.17, 15) is 9.90 Å². The van der Waals surface area contributed by atoms with Gasteiger partial charge in [-0.25, -0.2) is 0 Å². The van der Waals surface area contributed by atoms with Crippen molar-refractivity contribution in [2.75, 3.05) is 7.11 Å². The van der Waals surface area contributed by atoms with Crippen LogP contribution in [0.2, 0.25) is 0 Å². The highest BCUT2D eigenvalue weighted by Gasteiger charge is 2.57. The van der Waals surface area contributed by atoms with Crippen LogP contribution in [0.1, 0.15) is 57.8 Å². The number of esters is 1. The first-order valence-electron chi connectivity index (χ1n) is 6.45. The first-order chi connectivity index (χ1) is 7.65. The minimum atomic E-state index is -0.791. The van der Waals surface area contributed by atoms with Crippen LogP contribution in [0.25, 0.3) is 0 Å². The topological polar surface area (TPSA) is 46.5 Å². The lowest BCUT2D eigenvalue weighted by molar-refractivity contribution is -0.178. The van der Waals surface area contributed by atoms with Crippen LogP contribution in [0.5, 0.6) is 0 Å². The molecule has 0 aromatic rings. The molecule has 0 saturated heterocycles. The lowest BCUT2D eigenvalue weighted by atomic mass is 9.62. The van der Waals surface area contributed by atoms with Crippen molar-refractivity contribution in [1.29, 1.82) is 0 Å². The lowest BCUT2D eigenvalue weighted by Crippen LogP contribution is -2.53. The molecule has 2 aliphatic rings. The zero-order chi connectivity index (χ0) is 11.6. The predicted molar refractivity (Wildman–Crippen MR) is 61.0 cm³/mol. The highest BCUT2D eigenvalue weighted by atomic mass is 16.5. The van der Waals surface area contributed by atoms with Crippen LogP contribution >= 0.6 is 0 Å². The van der Waals surface area contributed by atoms with Gasteiger partial charge in [0, 0.05) is 0 Å². The van der Waals surface area contributed by atoms with Gasteiger partial charge in [-0.05, 0) is 25.7 Å². The van der Waals surface area contributed by atoms with Gasteiger partial charge < -0.3 is 9.84 Å². The van der Waals surface area contributed by atoms with Crippen molar-refractivity contribution in [2.24, 2.45) is 5.41 Å². The monoisotopic (exact) mass is 226 g/mol. The summed E-state index contributed by atoms with van der Waals surface area (Å²) < 4.78 is 4.97. The van der Waals surface area contributed by atoms with Crippen LogP contribution in [-0.4, -0.2) is 23.8 Å². The molecule has 2 saturated carbocycles. The molecular formula is C13H22O3. The van der Waals surface area contributed by atoms with Crippen molar-refractivity contribution in [1.82, 2.24) is 0 Å². The zero-order valence-electron chi connectivity index (χ0n) is 10.1. The third-order valence-corrected chi connectivity index (χ3v) is 4.60. The Hall–Kier alpha value is -0.570. The molecule has 0 aromatic heterocycles. The van der Waals surface area contributed by atoms with Crippen LogP contribution in [-0.2, 0) is 9.53 Å². The molecule has 2 aliphatic carbocycles. The van der Waals surface area contributed by atoms with E-state index in [1.807, 2.05) is 0 Å². The van der Waals surface area contributed by atoms with Crippen LogP contribution in [0.3, 0.4) is 0 Å². The highest BCUT2D eigenvalue weighted by molar-refractivity contribution is 5.78. The van der Waals surface area contributed by atoms with Gasteiger partial charge in [0.1, 0.15) is 0 Å². The fraction of sp³-hybridized carbons (Fsp3) is 0.923. The Bertz CT molecular complexity index is 260. The molecule has 0 aliphatic heterocycles. The molecule has 1 N–H and O–H groups in total. The largest absolute Gasteiger partial charge is 0.469 e. The number of rotatable bonds is 2. The number of carbonyl (C=O) groups is 1. The Balaban J connectivity index is 2.28. The summed E-state index contributed by atoms with van der Waals surface area (Å²) >= 11 is 0. The molecule has 0 atom stereocenters. The molecular weight excluding hydrogens is 204 g/mol. The summed E-state index contributed by atoms with van der Waals surface area (Å²) in [7, 11) is 1.44. The van der Waals surface area contributed by atoms with Crippen molar-refractivity contribution >= 4 is 5.97 Å². The molecule has 0 bridgehead atoms. The van der Waals surface area contributed by atoms with Crippen LogP contribution in [0, 0.1) is 5.41 Å². The summed E-state index contributed by atoms with van der Waals surface area (Å²) in [4.78, 5) is 12.1. The Morgan fingerprint density at radius 3 is 2.00 bits per heavy atom.